The number of methoxy groups -OCH3 is 1. The molecule has 4 heteroatoms. The number of pyridine rings is 1. The van der Waals surface area contributed by atoms with Crippen molar-refractivity contribution in [3.63, 3.8) is 0 Å². The smallest absolute Gasteiger partial charge is 0.163 e. The van der Waals surface area contributed by atoms with Crippen LogP contribution in [-0.2, 0) is 9.59 Å². The number of hydrogen-bond acceptors (Lipinski definition) is 4. The highest BCUT2D eigenvalue weighted by Crippen LogP contribution is 2.30. The molecule has 0 radical (unpaired) electrons. The van der Waals surface area contributed by atoms with Crippen LogP contribution in [0, 0.1) is 0 Å². The van der Waals surface area contributed by atoms with E-state index in [1.165, 1.54) is 6.08 Å². The molecule has 1 atom stereocenters. The van der Waals surface area contributed by atoms with Crippen LogP contribution in [0.5, 0.6) is 5.75 Å². The number of hydrogen-bond donors (Lipinski definition) is 0. The van der Waals surface area contributed by atoms with Gasteiger partial charge in [0.2, 0.25) is 0 Å². The molecule has 0 N–H and O–H groups in total. The zero-order valence-electron chi connectivity index (χ0n) is 8.84. The highest BCUT2D eigenvalue weighted by Gasteiger charge is 2.25. The molecule has 1 aromatic rings. The lowest BCUT2D eigenvalue weighted by molar-refractivity contribution is -0.118. The molecule has 0 amide bonds. The summed E-state index contributed by atoms with van der Waals surface area (Å²) in [6, 6.07) is 1.76. The molecule has 16 heavy (non-hydrogen) atoms. The molecule has 1 unspecified atom stereocenters. The minimum Gasteiger partial charge on any atom is -0.495 e. The van der Waals surface area contributed by atoms with Gasteiger partial charge in [-0.2, -0.15) is 0 Å². The molecule has 2 rings (SSSR count). The number of aromatic nitrogens is 1. The normalized spacial score (nSPS) is 18.1. The van der Waals surface area contributed by atoms with Crippen LogP contribution in [0.1, 0.15) is 23.6 Å². The lowest BCUT2D eigenvalue weighted by Gasteiger charge is -2.18. The van der Waals surface area contributed by atoms with Gasteiger partial charge in [-0.1, -0.05) is 0 Å². The Balaban J connectivity index is 2.48. The average Bonchev–Trinajstić information content (AvgIpc) is 2.32. The standard InChI is InChI=1S/C12H11NO3/c1-16-8-6-10-9(4-5-14)12(15)3-2-11(10)13-7-8/h2-3,5-7,9H,4H2,1H3. The number of aldehydes is 1. The van der Waals surface area contributed by atoms with Crippen molar-refractivity contribution in [3.8, 4) is 5.75 Å². The summed E-state index contributed by atoms with van der Waals surface area (Å²) in [5.74, 6) is 0.118. The quantitative estimate of drug-likeness (QED) is 0.717. The van der Waals surface area contributed by atoms with E-state index in [0.717, 1.165) is 17.5 Å². The van der Waals surface area contributed by atoms with Gasteiger partial charge in [0.05, 0.1) is 24.9 Å². The van der Waals surface area contributed by atoms with E-state index in [-0.39, 0.29) is 12.2 Å². The maximum Gasteiger partial charge on any atom is 0.163 e. The first-order chi connectivity index (χ1) is 7.76. The van der Waals surface area contributed by atoms with Crippen molar-refractivity contribution in [2.24, 2.45) is 0 Å². The summed E-state index contributed by atoms with van der Waals surface area (Å²) in [6.45, 7) is 0. The minimum atomic E-state index is -0.417. The number of ketones is 1. The molecule has 1 aliphatic carbocycles. The Bertz CT molecular complexity index is 465. The van der Waals surface area contributed by atoms with Crippen molar-refractivity contribution in [1.82, 2.24) is 4.98 Å². The zero-order chi connectivity index (χ0) is 11.5. The Morgan fingerprint density at radius 2 is 2.31 bits per heavy atom. The topological polar surface area (TPSA) is 56.3 Å². The van der Waals surface area contributed by atoms with Crippen LogP contribution in [0.2, 0.25) is 0 Å². The summed E-state index contributed by atoms with van der Waals surface area (Å²) in [5, 5.41) is 0. The lowest BCUT2D eigenvalue weighted by atomic mass is 9.87. The molecule has 1 aliphatic rings. The molecule has 4 nitrogen and oxygen atoms in total. The van der Waals surface area contributed by atoms with E-state index >= 15 is 0 Å². The number of nitrogens with zero attached hydrogens (tertiary/aromatic N) is 1. The first-order valence-electron chi connectivity index (χ1n) is 4.95. The van der Waals surface area contributed by atoms with Gasteiger partial charge in [0, 0.05) is 6.42 Å². The third-order valence-electron chi connectivity index (χ3n) is 2.62. The molecule has 0 aromatic carbocycles. The SMILES string of the molecule is COc1cnc2c(c1)C(CC=O)C(=O)C=C2. The summed E-state index contributed by atoms with van der Waals surface area (Å²) in [5.41, 5.74) is 1.49. The van der Waals surface area contributed by atoms with Gasteiger partial charge in [-0.05, 0) is 23.8 Å². The molecule has 0 spiro atoms. The Labute approximate surface area is 92.9 Å². The van der Waals surface area contributed by atoms with Crippen LogP contribution < -0.4 is 4.74 Å². The number of fused-ring (bicyclic) bond motifs is 1. The Kier molecular flexibility index (Phi) is 2.81. The molecule has 0 fully saturated rings. The van der Waals surface area contributed by atoms with Crippen molar-refractivity contribution < 1.29 is 14.3 Å². The van der Waals surface area contributed by atoms with Crippen molar-refractivity contribution in [3.05, 3.63) is 29.6 Å². The Morgan fingerprint density at radius 1 is 1.50 bits per heavy atom. The van der Waals surface area contributed by atoms with Gasteiger partial charge in [0.15, 0.2) is 5.78 Å². The van der Waals surface area contributed by atoms with Gasteiger partial charge in [-0.3, -0.25) is 9.78 Å². The van der Waals surface area contributed by atoms with E-state index < -0.39 is 5.92 Å². The molecule has 82 valence electrons. The summed E-state index contributed by atoms with van der Waals surface area (Å²) >= 11 is 0. The van der Waals surface area contributed by atoms with Crippen LogP contribution >= 0.6 is 0 Å². The fourth-order valence-electron chi connectivity index (χ4n) is 1.77. The number of rotatable bonds is 3. The van der Waals surface area contributed by atoms with Gasteiger partial charge >= 0.3 is 0 Å². The number of carbonyl (C=O) groups excluding carboxylic acids is 2. The average molecular weight is 217 g/mol. The van der Waals surface area contributed by atoms with Crippen LogP contribution in [0.15, 0.2) is 18.3 Å². The second-order valence-corrected chi connectivity index (χ2v) is 3.54. The minimum absolute atomic E-state index is 0.0605. The van der Waals surface area contributed by atoms with Crippen molar-refractivity contribution >= 4 is 18.1 Å². The first-order valence-corrected chi connectivity index (χ1v) is 4.95. The second kappa shape index (κ2) is 4.26. The Morgan fingerprint density at radius 3 is 3.00 bits per heavy atom. The number of allylic oxidation sites excluding steroid dienone is 1. The van der Waals surface area contributed by atoms with Gasteiger partial charge in [0.25, 0.3) is 0 Å². The summed E-state index contributed by atoms with van der Waals surface area (Å²) < 4.78 is 5.06. The van der Waals surface area contributed by atoms with Crippen LogP contribution in [0.25, 0.3) is 6.08 Å². The molecule has 1 heterocycles. The second-order valence-electron chi connectivity index (χ2n) is 3.54. The van der Waals surface area contributed by atoms with E-state index in [9.17, 15) is 9.59 Å². The van der Waals surface area contributed by atoms with Crippen LogP contribution in [0.4, 0.5) is 0 Å². The largest absolute Gasteiger partial charge is 0.495 e. The summed E-state index contributed by atoms with van der Waals surface area (Å²) in [7, 11) is 1.54. The number of ether oxygens (including phenoxy) is 1. The predicted octanol–water partition coefficient (Wildman–Crippen LogP) is 1.36. The molecule has 1 aromatic heterocycles. The summed E-state index contributed by atoms with van der Waals surface area (Å²) in [6.07, 6.45) is 5.67. The third-order valence-corrected chi connectivity index (χ3v) is 2.62. The van der Waals surface area contributed by atoms with Crippen LogP contribution in [0.3, 0.4) is 0 Å². The van der Waals surface area contributed by atoms with Gasteiger partial charge in [0.1, 0.15) is 12.0 Å². The zero-order valence-corrected chi connectivity index (χ0v) is 8.84. The molecule has 0 aliphatic heterocycles. The molecule has 0 saturated heterocycles. The fraction of sp³-hybridized carbons (Fsp3) is 0.250. The van der Waals surface area contributed by atoms with E-state index in [0.29, 0.717) is 5.75 Å². The third kappa shape index (κ3) is 1.74. The van der Waals surface area contributed by atoms with Gasteiger partial charge in [-0.25, -0.2) is 0 Å². The van der Waals surface area contributed by atoms with Gasteiger partial charge in [-0.15, -0.1) is 0 Å². The van der Waals surface area contributed by atoms with Crippen molar-refractivity contribution in [1.29, 1.82) is 0 Å². The van der Waals surface area contributed by atoms with Gasteiger partial charge < -0.3 is 9.53 Å². The summed E-state index contributed by atoms with van der Waals surface area (Å²) in [4.78, 5) is 26.4. The van der Waals surface area contributed by atoms with E-state index in [1.807, 2.05) is 0 Å². The maximum atomic E-state index is 11.6. The Hall–Kier alpha value is -1.97. The molecular weight excluding hydrogens is 206 g/mol. The van der Waals surface area contributed by atoms with E-state index in [4.69, 9.17) is 4.74 Å². The van der Waals surface area contributed by atoms with Crippen molar-refractivity contribution in [2.75, 3.05) is 7.11 Å². The van der Waals surface area contributed by atoms with Crippen molar-refractivity contribution in [2.45, 2.75) is 12.3 Å². The fourth-order valence-corrected chi connectivity index (χ4v) is 1.77. The molecule has 0 saturated carbocycles. The first kappa shape index (κ1) is 10.5. The number of carbonyl (C=O) groups is 2. The highest BCUT2D eigenvalue weighted by molar-refractivity contribution is 6.02. The molecule has 0 bridgehead atoms. The highest BCUT2D eigenvalue weighted by atomic mass is 16.5. The van der Waals surface area contributed by atoms with E-state index in [2.05, 4.69) is 4.98 Å². The van der Waals surface area contributed by atoms with E-state index in [1.54, 1.807) is 25.4 Å². The molecular formula is C12H11NO3. The van der Waals surface area contributed by atoms with Crippen LogP contribution in [-0.4, -0.2) is 24.2 Å². The monoisotopic (exact) mass is 217 g/mol. The maximum absolute atomic E-state index is 11.6. The predicted molar refractivity (Wildman–Crippen MR) is 58.3 cm³/mol. The lowest BCUT2D eigenvalue weighted by Crippen LogP contribution is -2.16.